The Morgan fingerprint density at radius 2 is 2.50 bits per heavy atom. The van der Waals surface area contributed by atoms with Gasteiger partial charge in [-0.15, -0.1) is 0 Å². The predicted molar refractivity (Wildman–Crippen MR) is 33.9 cm³/mol. The van der Waals surface area contributed by atoms with E-state index in [1.165, 1.54) is 6.42 Å². The van der Waals surface area contributed by atoms with Gasteiger partial charge in [0.15, 0.2) is 0 Å². The Bertz CT molecular complexity index is 72.9. The van der Waals surface area contributed by atoms with Gasteiger partial charge < -0.3 is 5.73 Å². The van der Waals surface area contributed by atoms with Gasteiger partial charge in [-0.05, 0) is 19.8 Å². The molecular formula is C6H13N2. The molecular weight excluding hydrogens is 100 g/mol. The average molecular weight is 113 g/mol. The van der Waals surface area contributed by atoms with Crippen molar-refractivity contribution in [2.24, 2.45) is 5.73 Å². The van der Waals surface area contributed by atoms with Crippen molar-refractivity contribution >= 4 is 0 Å². The van der Waals surface area contributed by atoms with Crippen LogP contribution in [0.5, 0.6) is 0 Å². The van der Waals surface area contributed by atoms with Crippen LogP contribution in [-0.2, 0) is 0 Å². The Kier molecular flexibility index (Phi) is 1.86. The second-order valence-corrected chi connectivity index (χ2v) is 2.21. The van der Waals surface area contributed by atoms with Crippen LogP contribution in [0.3, 0.4) is 0 Å². The van der Waals surface area contributed by atoms with Gasteiger partial charge in [0.05, 0.1) is 6.17 Å². The summed E-state index contributed by atoms with van der Waals surface area (Å²) in [6, 6.07) is 0. The van der Waals surface area contributed by atoms with Crippen molar-refractivity contribution in [1.29, 1.82) is 0 Å². The normalized spacial score (nSPS) is 31.5. The Hall–Kier alpha value is -0.0800. The van der Waals surface area contributed by atoms with E-state index in [0.717, 1.165) is 13.0 Å². The summed E-state index contributed by atoms with van der Waals surface area (Å²) < 4.78 is 0. The summed E-state index contributed by atoms with van der Waals surface area (Å²) in [6.45, 7) is 5.25. The SMILES string of the molecule is C[CH]N1CCCC1N. The summed E-state index contributed by atoms with van der Waals surface area (Å²) in [4.78, 5) is 2.18. The minimum absolute atomic E-state index is 0.306. The van der Waals surface area contributed by atoms with Crippen molar-refractivity contribution < 1.29 is 0 Å². The lowest BCUT2D eigenvalue weighted by atomic mass is 10.3. The summed E-state index contributed by atoms with van der Waals surface area (Å²) in [7, 11) is 0. The second-order valence-electron chi connectivity index (χ2n) is 2.21. The van der Waals surface area contributed by atoms with Crippen LogP contribution >= 0.6 is 0 Å². The number of hydrogen-bond acceptors (Lipinski definition) is 2. The highest BCUT2D eigenvalue weighted by molar-refractivity contribution is 4.77. The molecule has 1 heterocycles. The lowest BCUT2D eigenvalue weighted by molar-refractivity contribution is 0.321. The van der Waals surface area contributed by atoms with Crippen molar-refractivity contribution in [3.63, 3.8) is 0 Å². The van der Waals surface area contributed by atoms with E-state index in [2.05, 4.69) is 11.4 Å². The molecule has 0 bridgehead atoms. The fraction of sp³-hybridized carbons (Fsp3) is 0.833. The van der Waals surface area contributed by atoms with Crippen LogP contribution in [0.25, 0.3) is 0 Å². The second kappa shape index (κ2) is 2.46. The molecule has 1 unspecified atom stereocenters. The van der Waals surface area contributed by atoms with Crippen LogP contribution < -0.4 is 5.73 Å². The third kappa shape index (κ3) is 1.01. The van der Waals surface area contributed by atoms with Crippen LogP contribution in [0.15, 0.2) is 0 Å². The summed E-state index contributed by atoms with van der Waals surface area (Å²) in [5.74, 6) is 0. The molecule has 1 aliphatic rings. The van der Waals surface area contributed by atoms with Crippen LogP contribution in [0.2, 0.25) is 0 Å². The lowest BCUT2D eigenvalue weighted by Crippen LogP contribution is -2.33. The first-order valence-electron chi connectivity index (χ1n) is 3.15. The summed E-state index contributed by atoms with van der Waals surface area (Å²) >= 11 is 0. The highest BCUT2D eigenvalue weighted by atomic mass is 15.2. The van der Waals surface area contributed by atoms with Gasteiger partial charge in [0.2, 0.25) is 0 Å². The van der Waals surface area contributed by atoms with Gasteiger partial charge in [0.1, 0.15) is 0 Å². The fourth-order valence-corrected chi connectivity index (χ4v) is 1.14. The molecule has 2 heteroatoms. The van der Waals surface area contributed by atoms with Gasteiger partial charge in [0.25, 0.3) is 0 Å². The van der Waals surface area contributed by atoms with Crippen molar-refractivity contribution in [1.82, 2.24) is 4.90 Å². The number of likely N-dealkylation sites (tertiary alicyclic amines) is 1. The fourth-order valence-electron chi connectivity index (χ4n) is 1.14. The molecule has 1 radical (unpaired) electrons. The maximum absolute atomic E-state index is 5.68. The van der Waals surface area contributed by atoms with E-state index in [-0.39, 0.29) is 0 Å². The molecule has 1 aliphatic heterocycles. The third-order valence-corrected chi connectivity index (χ3v) is 1.67. The van der Waals surface area contributed by atoms with Crippen LogP contribution in [-0.4, -0.2) is 17.6 Å². The molecule has 0 aromatic rings. The summed E-state index contributed by atoms with van der Waals surface area (Å²) in [5.41, 5.74) is 5.68. The van der Waals surface area contributed by atoms with Gasteiger partial charge in [-0.1, -0.05) is 0 Å². The highest BCUT2D eigenvalue weighted by Gasteiger charge is 2.17. The summed E-state index contributed by atoms with van der Waals surface area (Å²) in [5, 5.41) is 0. The maximum atomic E-state index is 5.68. The molecule has 0 aromatic carbocycles. The maximum Gasteiger partial charge on any atom is 0.0575 e. The van der Waals surface area contributed by atoms with Crippen molar-refractivity contribution in [2.75, 3.05) is 6.54 Å². The van der Waals surface area contributed by atoms with Crippen LogP contribution in [0, 0.1) is 6.54 Å². The molecule has 2 N–H and O–H groups in total. The number of hydrogen-bond donors (Lipinski definition) is 1. The highest BCUT2D eigenvalue weighted by Crippen LogP contribution is 2.12. The van der Waals surface area contributed by atoms with Crippen LogP contribution in [0.4, 0.5) is 0 Å². The van der Waals surface area contributed by atoms with Crippen molar-refractivity contribution in [3.05, 3.63) is 6.54 Å². The van der Waals surface area contributed by atoms with E-state index in [0.29, 0.717) is 6.17 Å². The Labute approximate surface area is 50.7 Å². The Morgan fingerprint density at radius 3 is 2.75 bits per heavy atom. The molecule has 0 saturated carbocycles. The summed E-state index contributed by atoms with van der Waals surface area (Å²) in [6.07, 6.45) is 2.72. The zero-order chi connectivity index (χ0) is 5.98. The first kappa shape index (κ1) is 6.05. The predicted octanol–water partition coefficient (Wildman–Crippen LogP) is 0.549. The number of nitrogens with zero attached hydrogens (tertiary/aromatic N) is 1. The van der Waals surface area contributed by atoms with Crippen molar-refractivity contribution in [2.45, 2.75) is 25.9 Å². The Balaban J connectivity index is 2.30. The van der Waals surface area contributed by atoms with E-state index >= 15 is 0 Å². The molecule has 47 valence electrons. The van der Waals surface area contributed by atoms with Gasteiger partial charge in [0, 0.05) is 13.1 Å². The number of nitrogens with two attached hydrogens (primary N) is 1. The first-order chi connectivity index (χ1) is 3.84. The van der Waals surface area contributed by atoms with E-state index < -0.39 is 0 Å². The van der Waals surface area contributed by atoms with Gasteiger partial charge in [-0.3, -0.25) is 4.90 Å². The van der Waals surface area contributed by atoms with E-state index in [4.69, 9.17) is 5.73 Å². The molecule has 1 saturated heterocycles. The Morgan fingerprint density at radius 1 is 1.75 bits per heavy atom. The molecule has 2 nitrogen and oxygen atoms in total. The quantitative estimate of drug-likeness (QED) is 0.538. The molecule has 0 spiro atoms. The largest absolute Gasteiger partial charge is 0.316 e. The zero-order valence-corrected chi connectivity index (χ0v) is 5.30. The molecule has 8 heavy (non-hydrogen) atoms. The van der Waals surface area contributed by atoms with Gasteiger partial charge >= 0.3 is 0 Å². The molecule has 1 atom stereocenters. The van der Waals surface area contributed by atoms with Crippen LogP contribution in [0.1, 0.15) is 19.8 Å². The molecule has 1 fully saturated rings. The topological polar surface area (TPSA) is 29.3 Å². The minimum atomic E-state index is 0.306. The van der Waals surface area contributed by atoms with E-state index in [1.807, 2.05) is 6.92 Å². The monoisotopic (exact) mass is 113 g/mol. The smallest absolute Gasteiger partial charge is 0.0575 e. The third-order valence-electron chi connectivity index (χ3n) is 1.67. The van der Waals surface area contributed by atoms with Crippen molar-refractivity contribution in [3.8, 4) is 0 Å². The van der Waals surface area contributed by atoms with Gasteiger partial charge in [-0.25, -0.2) is 0 Å². The minimum Gasteiger partial charge on any atom is -0.316 e. The van der Waals surface area contributed by atoms with E-state index in [1.54, 1.807) is 0 Å². The first-order valence-corrected chi connectivity index (χ1v) is 3.15. The molecule has 1 rings (SSSR count). The van der Waals surface area contributed by atoms with Gasteiger partial charge in [-0.2, -0.15) is 0 Å². The average Bonchev–Trinajstić information content (AvgIpc) is 2.14. The molecule has 0 amide bonds. The molecule has 0 aliphatic carbocycles. The zero-order valence-electron chi connectivity index (χ0n) is 5.30. The standard InChI is InChI=1S/C6H13N2/c1-2-8-5-3-4-6(8)7/h2,6H,3-5,7H2,1H3. The van der Waals surface area contributed by atoms with E-state index in [9.17, 15) is 0 Å². The molecule has 0 aromatic heterocycles. The lowest BCUT2D eigenvalue weighted by Gasteiger charge is -2.16. The number of rotatable bonds is 1.